The monoisotopic (exact) mass is 166 g/mol. The number of rotatable bonds is 3. The van der Waals surface area contributed by atoms with E-state index in [-0.39, 0.29) is 12.1 Å². The standard InChI is InChI=1S/C8H14N4/c1-7(5-9)12(11(3)4)8(2)6-10/h7-8H,1-4H3. The van der Waals surface area contributed by atoms with Crippen LogP contribution in [0.3, 0.4) is 0 Å². The topological polar surface area (TPSA) is 54.1 Å². The molecule has 0 bridgehead atoms. The smallest absolute Gasteiger partial charge is 0.110 e. The van der Waals surface area contributed by atoms with Gasteiger partial charge in [0.05, 0.1) is 12.1 Å². The quantitative estimate of drug-likeness (QED) is 0.576. The molecule has 0 rings (SSSR count). The van der Waals surface area contributed by atoms with E-state index >= 15 is 0 Å². The van der Waals surface area contributed by atoms with Crippen LogP contribution in [0.25, 0.3) is 0 Å². The highest BCUT2D eigenvalue weighted by Gasteiger charge is 2.21. The van der Waals surface area contributed by atoms with Gasteiger partial charge in [-0.3, -0.25) is 0 Å². The molecule has 4 nitrogen and oxygen atoms in total. The van der Waals surface area contributed by atoms with Crippen LogP contribution < -0.4 is 0 Å². The van der Waals surface area contributed by atoms with Gasteiger partial charge in [0.2, 0.25) is 0 Å². The molecule has 12 heavy (non-hydrogen) atoms. The first-order chi connectivity index (χ1) is 5.54. The SMILES string of the molecule is CC(C#N)N(C(C)C#N)N(C)C. The van der Waals surface area contributed by atoms with E-state index in [9.17, 15) is 0 Å². The second-order valence-corrected chi connectivity index (χ2v) is 2.84. The summed E-state index contributed by atoms with van der Waals surface area (Å²) in [6.07, 6.45) is 0. The molecule has 0 aromatic rings. The van der Waals surface area contributed by atoms with E-state index in [1.165, 1.54) is 0 Å². The zero-order chi connectivity index (χ0) is 9.72. The van der Waals surface area contributed by atoms with Crippen LogP contribution in [0, 0.1) is 22.7 Å². The third-order valence-corrected chi connectivity index (χ3v) is 1.63. The van der Waals surface area contributed by atoms with Crippen molar-refractivity contribution in [2.75, 3.05) is 14.1 Å². The Morgan fingerprint density at radius 2 is 1.33 bits per heavy atom. The van der Waals surface area contributed by atoms with E-state index in [1.54, 1.807) is 23.9 Å². The maximum absolute atomic E-state index is 8.67. The van der Waals surface area contributed by atoms with Crippen LogP contribution in [0.1, 0.15) is 13.8 Å². The van der Waals surface area contributed by atoms with Gasteiger partial charge in [0.1, 0.15) is 12.1 Å². The van der Waals surface area contributed by atoms with Crippen LogP contribution in [0.5, 0.6) is 0 Å². The molecule has 4 heteroatoms. The fourth-order valence-electron chi connectivity index (χ4n) is 1.15. The van der Waals surface area contributed by atoms with Gasteiger partial charge >= 0.3 is 0 Å². The molecule has 2 unspecified atom stereocenters. The van der Waals surface area contributed by atoms with Crippen molar-refractivity contribution >= 4 is 0 Å². The molecule has 0 aromatic carbocycles. The lowest BCUT2D eigenvalue weighted by Crippen LogP contribution is -2.47. The Kier molecular flexibility index (Phi) is 4.28. The maximum atomic E-state index is 8.67. The highest BCUT2D eigenvalue weighted by atomic mass is 15.6. The lowest BCUT2D eigenvalue weighted by molar-refractivity contribution is -0.0105. The van der Waals surface area contributed by atoms with Crippen molar-refractivity contribution in [2.45, 2.75) is 25.9 Å². The molecular weight excluding hydrogens is 152 g/mol. The summed E-state index contributed by atoms with van der Waals surface area (Å²) < 4.78 is 0. The normalized spacial score (nSPS) is 15.3. The van der Waals surface area contributed by atoms with Crippen molar-refractivity contribution in [1.29, 1.82) is 10.5 Å². The third kappa shape index (κ3) is 2.50. The molecule has 2 atom stereocenters. The van der Waals surface area contributed by atoms with Gasteiger partial charge in [-0.1, -0.05) is 0 Å². The molecule has 0 aliphatic carbocycles. The summed E-state index contributed by atoms with van der Waals surface area (Å²) in [5.74, 6) is 0. The van der Waals surface area contributed by atoms with E-state index in [0.29, 0.717) is 0 Å². The summed E-state index contributed by atoms with van der Waals surface area (Å²) in [7, 11) is 3.64. The molecule has 66 valence electrons. The first-order valence-electron chi connectivity index (χ1n) is 3.79. The first kappa shape index (κ1) is 10.9. The van der Waals surface area contributed by atoms with Gasteiger partial charge < -0.3 is 0 Å². The fraction of sp³-hybridized carbons (Fsp3) is 0.750. The lowest BCUT2D eigenvalue weighted by atomic mass is 10.3. The van der Waals surface area contributed by atoms with Crippen molar-refractivity contribution in [3.05, 3.63) is 0 Å². The van der Waals surface area contributed by atoms with Crippen LogP contribution in [-0.4, -0.2) is 36.2 Å². The van der Waals surface area contributed by atoms with E-state index < -0.39 is 0 Å². The number of hydrazine groups is 1. The van der Waals surface area contributed by atoms with E-state index in [0.717, 1.165) is 0 Å². The highest BCUT2D eigenvalue weighted by molar-refractivity contribution is 4.95. The van der Waals surface area contributed by atoms with Crippen LogP contribution >= 0.6 is 0 Å². The summed E-state index contributed by atoms with van der Waals surface area (Å²) in [6, 6.07) is 3.65. The van der Waals surface area contributed by atoms with Crippen molar-refractivity contribution in [3.8, 4) is 12.1 Å². The van der Waals surface area contributed by atoms with Gasteiger partial charge in [-0.25, -0.2) is 10.0 Å². The molecule has 0 heterocycles. The molecule has 0 N–H and O–H groups in total. The molecular formula is C8H14N4. The number of hydrogen-bond donors (Lipinski definition) is 0. The van der Waals surface area contributed by atoms with Gasteiger partial charge in [0.15, 0.2) is 0 Å². The summed E-state index contributed by atoms with van der Waals surface area (Å²) in [4.78, 5) is 0. The van der Waals surface area contributed by atoms with Crippen LogP contribution in [0.15, 0.2) is 0 Å². The highest BCUT2D eigenvalue weighted by Crippen LogP contribution is 2.05. The average Bonchev–Trinajstić information content (AvgIpc) is 2.03. The van der Waals surface area contributed by atoms with Crippen molar-refractivity contribution < 1.29 is 0 Å². The van der Waals surface area contributed by atoms with Crippen LogP contribution in [-0.2, 0) is 0 Å². The van der Waals surface area contributed by atoms with Gasteiger partial charge in [-0.05, 0) is 13.8 Å². The van der Waals surface area contributed by atoms with Crippen LogP contribution in [0.4, 0.5) is 0 Å². The minimum absolute atomic E-state index is 0.269. The van der Waals surface area contributed by atoms with Gasteiger partial charge in [0.25, 0.3) is 0 Å². The Morgan fingerprint density at radius 1 is 1.00 bits per heavy atom. The van der Waals surface area contributed by atoms with E-state index in [4.69, 9.17) is 10.5 Å². The Bertz CT molecular complexity index is 190. The summed E-state index contributed by atoms with van der Waals surface area (Å²) in [5, 5.41) is 20.8. The Morgan fingerprint density at radius 3 is 1.50 bits per heavy atom. The van der Waals surface area contributed by atoms with Gasteiger partial charge in [0, 0.05) is 14.1 Å². The molecule has 0 aliphatic heterocycles. The lowest BCUT2D eigenvalue weighted by Gasteiger charge is -2.32. The van der Waals surface area contributed by atoms with E-state index in [1.807, 2.05) is 14.1 Å². The maximum Gasteiger partial charge on any atom is 0.110 e. The summed E-state index contributed by atoms with van der Waals surface area (Å²) in [6.45, 7) is 3.54. The summed E-state index contributed by atoms with van der Waals surface area (Å²) in [5.41, 5.74) is 0. The number of nitrogens with zero attached hydrogens (tertiary/aromatic N) is 4. The van der Waals surface area contributed by atoms with Crippen molar-refractivity contribution in [3.63, 3.8) is 0 Å². The first-order valence-corrected chi connectivity index (χ1v) is 3.79. The Labute approximate surface area is 73.6 Å². The van der Waals surface area contributed by atoms with Crippen LogP contribution in [0.2, 0.25) is 0 Å². The minimum Gasteiger partial charge on any atom is -0.245 e. The Hall–Kier alpha value is -1.10. The molecule has 0 amide bonds. The van der Waals surface area contributed by atoms with Gasteiger partial charge in [-0.15, -0.1) is 0 Å². The molecule has 0 radical (unpaired) electrons. The zero-order valence-corrected chi connectivity index (χ0v) is 7.94. The van der Waals surface area contributed by atoms with Crippen molar-refractivity contribution in [1.82, 2.24) is 10.0 Å². The van der Waals surface area contributed by atoms with E-state index in [2.05, 4.69) is 12.1 Å². The molecule has 0 spiro atoms. The molecule has 0 saturated carbocycles. The average molecular weight is 166 g/mol. The predicted molar refractivity (Wildman–Crippen MR) is 45.7 cm³/mol. The van der Waals surface area contributed by atoms with Gasteiger partial charge in [-0.2, -0.15) is 10.5 Å². The second-order valence-electron chi connectivity index (χ2n) is 2.84. The Balaban J connectivity index is 4.48. The number of hydrogen-bond acceptors (Lipinski definition) is 4. The minimum atomic E-state index is -0.269. The predicted octanol–water partition coefficient (Wildman–Crippen LogP) is 0.589. The molecule has 0 fully saturated rings. The molecule has 0 aliphatic rings. The summed E-state index contributed by atoms with van der Waals surface area (Å²) >= 11 is 0. The number of nitriles is 2. The molecule has 0 saturated heterocycles. The fourth-order valence-corrected chi connectivity index (χ4v) is 1.15. The zero-order valence-electron chi connectivity index (χ0n) is 7.94. The third-order valence-electron chi connectivity index (χ3n) is 1.63. The largest absolute Gasteiger partial charge is 0.245 e. The van der Waals surface area contributed by atoms with Crippen molar-refractivity contribution in [2.24, 2.45) is 0 Å². The molecule has 0 aromatic heterocycles. The second kappa shape index (κ2) is 4.71.